The maximum absolute atomic E-state index is 12.6. The third-order valence-corrected chi connectivity index (χ3v) is 5.54. The predicted octanol–water partition coefficient (Wildman–Crippen LogP) is 1.61. The van der Waals surface area contributed by atoms with Crippen LogP contribution in [0.5, 0.6) is 0 Å². The molecule has 2 bridgehead atoms. The van der Waals surface area contributed by atoms with E-state index in [0.717, 1.165) is 43.6 Å². The largest absolute Gasteiger partial charge is 0.509 e. The molecule has 3 aliphatic rings. The highest BCUT2D eigenvalue weighted by molar-refractivity contribution is 6.32. The molecule has 0 unspecified atom stereocenters. The fraction of sp³-hybridized carbons (Fsp3) is 0.381. The summed E-state index contributed by atoms with van der Waals surface area (Å²) in [6.07, 6.45) is 0.875. The van der Waals surface area contributed by atoms with E-state index in [1.54, 1.807) is 24.3 Å². The second-order valence-corrected chi connectivity index (χ2v) is 7.38. The Morgan fingerprint density at radius 3 is 1.89 bits per heavy atom. The fourth-order valence-corrected chi connectivity index (χ4v) is 3.96. The van der Waals surface area contributed by atoms with Crippen molar-refractivity contribution in [2.45, 2.75) is 25.0 Å². The Labute approximate surface area is 162 Å². The van der Waals surface area contributed by atoms with E-state index in [1.165, 1.54) is 0 Å². The Kier molecular flexibility index (Phi) is 5.26. The SMILES string of the molecule is [B]c1ccc(C(OC(=O)O[C@H]2CN3CCC2CC3)c2ccc([B])cc2)cc1. The minimum Gasteiger partial charge on any atom is -0.429 e. The monoisotopic (exact) mass is 357 g/mol. The smallest absolute Gasteiger partial charge is 0.429 e. The second kappa shape index (κ2) is 7.81. The number of piperidine rings is 3. The van der Waals surface area contributed by atoms with Crippen molar-refractivity contribution < 1.29 is 14.3 Å². The molecule has 0 saturated carbocycles. The molecule has 0 aromatic heterocycles. The van der Waals surface area contributed by atoms with Crippen LogP contribution in [0, 0.1) is 5.92 Å². The summed E-state index contributed by atoms with van der Waals surface area (Å²) in [5.74, 6) is 0.439. The number of ether oxygens (including phenoxy) is 2. The van der Waals surface area contributed by atoms with Crippen LogP contribution in [-0.2, 0) is 9.47 Å². The Hall–Kier alpha value is -2.20. The molecule has 3 aliphatic heterocycles. The van der Waals surface area contributed by atoms with Crippen molar-refractivity contribution in [1.82, 2.24) is 4.90 Å². The van der Waals surface area contributed by atoms with Gasteiger partial charge in [-0.15, -0.1) is 0 Å². The molecular weight excluding hydrogens is 336 g/mol. The third-order valence-electron chi connectivity index (χ3n) is 5.54. The normalized spacial score (nSPS) is 24.0. The highest BCUT2D eigenvalue weighted by Crippen LogP contribution is 2.31. The number of fused-ring (bicyclic) bond motifs is 3. The number of carbonyl (C=O) groups is 1. The molecule has 0 amide bonds. The van der Waals surface area contributed by atoms with Gasteiger partial charge in [0.1, 0.15) is 21.8 Å². The lowest BCUT2D eigenvalue weighted by Crippen LogP contribution is -2.52. The lowest BCUT2D eigenvalue weighted by Gasteiger charge is -2.43. The van der Waals surface area contributed by atoms with Crippen LogP contribution in [-0.4, -0.2) is 52.5 Å². The molecule has 2 aromatic rings. The summed E-state index contributed by atoms with van der Waals surface area (Å²) in [6, 6.07) is 14.6. The minimum atomic E-state index is -0.632. The first-order chi connectivity index (χ1) is 13.1. The van der Waals surface area contributed by atoms with E-state index in [2.05, 4.69) is 4.90 Å². The average molecular weight is 357 g/mol. The highest BCUT2D eigenvalue weighted by atomic mass is 16.7. The number of nitrogens with zero attached hydrogens (tertiary/aromatic N) is 1. The fourth-order valence-electron chi connectivity index (χ4n) is 3.96. The molecule has 2 aromatic carbocycles. The van der Waals surface area contributed by atoms with Crippen molar-refractivity contribution in [3.63, 3.8) is 0 Å². The Morgan fingerprint density at radius 1 is 0.926 bits per heavy atom. The van der Waals surface area contributed by atoms with E-state index < -0.39 is 12.3 Å². The van der Waals surface area contributed by atoms with Gasteiger partial charge in [-0.05, 0) is 43.0 Å². The van der Waals surface area contributed by atoms with Crippen molar-refractivity contribution in [3.05, 3.63) is 59.7 Å². The molecule has 1 atom stereocenters. The van der Waals surface area contributed by atoms with Crippen LogP contribution in [0.1, 0.15) is 30.1 Å². The summed E-state index contributed by atoms with van der Waals surface area (Å²) in [5.41, 5.74) is 2.98. The number of hydrogen-bond donors (Lipinski definition) is 0. The molecule has 27 heavy (non-hydrogen) atoms. The average Bonchev–Trinajstić information content (AvgIpc) is 2.69. The van der Waals surface area contributed by atoms with Crippen LogP contribution < -0.4 is 10.9 Å². The quantitative estimate of drug-likeness (QED) is 0.616. The standard InChI is InChI=1S/C21H21B2NO3/c22-17-5-1-15(2-6-17)20(16-3-7-18(23)8-4-16)27-21(25)26-19-13-24-11-9-14(19)10-12-24/h1-8,14,19-20H,9-13H2/t19-/m0/s1. The topological polar surface area (TPSA) is 38.8 Å². The van der Waals surface area contributed by atoms with Crippen molar-refractivity contribution in [2.75, 3.05) is 19.6 Å². The molecule has 4 nitrogen and oxygen atoms in total. The minimum absolute atomic E-state index is 0.0847. The summed E-state index contributed by atoms with van der Waals surface area (Å²) in [7, 11) is 11.6. The summed E-state index contributed by atoms with van der Waals surface area (Å²) >= 11 is 0. The molecule has 0 aliphatic carbocycles. The second-order valence-electron chi connectivity index (χ2n) is 7.38. The van der Waals surface area contributed by atoms with Gasteiger partial charge in [0.2, 0.25) is 0 Å². The van der Waals surface area contributed by atoms with E-state index in [1.807, 2.05) is 24.3 Å². The van der Waals surface area contributed by atoms with E-state index in [-0.39, 0.29) is 6.10 Å². The van der Waals surface area contributed by atoms with Crippen LogP contribution in [0.25, 0.3) is 0 Å². The maximum atomic E-state index is 12.6. The van der Waals surface area contributed by atoms with Gasteiger partial charge in [-0.25, -0.2) is 4.79 Å². The summed E-state index contributed by atoms with van der Waals surface area (Å²) in [4.78, 5) is 14.9. The molecular formula is C21H21B2NO3. The Morgan fingerprint density at radius 2 is 1.44 bits per heavy atom. The van der Waals surface area contributed by atoms with Crippen molar-refractivity contribution in [3.8, 4) is 0 Å². The van der Waals surface area contributed by atoms with Gasteiger partial charge in [-0.2, -0.15) is 0 Å². The van der Waals surface area contributed by atoms with Crippen molar-refractivity contribution >= 4 is 32.8 Å². The van der Waals surface area contributed by atoms with Crippen LogP contribution >= 0.6 is 0 Å². The van der Waals surface area contributed by atoms with E-state index in [4.69, 9.17) is 25.2 Å². The van der Waals surface area contributed by atoms with Gasteiger partial charge in [0.25, 0.3) is 0 Å². The Balaban J connectivity index is 1.51. The Bertz CT molecular complexity index is 741. The van der Waals surface area contributed by atoms with Gasteiger partial charge in [0.05, 0.1) is 0 Å². The van der Waals surface area contributed by atoms with Crippen LogP contribution in [0.2, 0.25) is 0 Å². The van der Waals surface area contributed by atoms with E-state index >= 15 is 0 Å². The molecule has 3 heterocycles. The number of rotatable bonds is 4. The van der Waals surface area contributed by atoms with Crippen LogP contribution in [0.15, 0.2) is 48.5 Å². The molecule has 0 spiro atoms. The molecule has 6 heteroatoms. The maximum Gasteiger partial charge on any atom is 0.509 e. The molecule has 3 saturated heterocycles. The molecule has 5 rings (SSSR count). The van der Waals surface area contributed by atoms with Gasteiger partial charge in [0, 0.05) is 6.54 Å². The number of benzene rings is 2. The lowest BCUT2D eigenvalue weighted by molar-refractivity contribution is -0.0642. The van der Waals surface area contributed by atoms with Gasteiger partial charge in [-0.1, -0.05) is 59.5 Å². The first-order valence-corrected chi connectivity index (χ1v) is 9.39. The van der Waals surface area contributed by atoms with Crippen LogP contribution in [0.3, 0.4) is 0 Å². The predicted molar refractivity (Wildman–Crippen MR) is 106 cm³/mol. The molecule has 0 N–H and O–H groups in total. The zero-order chi connectivity index (χ0) is 18.8. The summed E-state index contributed by atoms with van der Waals surface area (Å²) in [5, 5.41) is 0. The van der Waals surface area contributed by atoms with Gasteiger partial charge in [0.15, 0.2) is 6.10 Å². The first-order valence-electron chi connectivity index (χ1n) is 9.39. The molecule has 3 fully saturated rings. The van der Waals surface area contributed by atoms with E-state index in [0.29, 0.717) is 16.8 Å². The van der Waals surface area contributed by atoms with Crippen molar-refractivity contribution in [1.29, 1.82) is 0 Å². The third kappa shape index (κ3) is 4.22. The number of carbonyl (C=O) groups excluding carboxylic acids is 1. The molecule has 134 valence electrons. The van der Waals surface area contributed by atoms with Crippen LogP contribution in [0.4, 0.5) is 4.79 Å². The zero-order valence-electron chi connectivity index (χ0n) is 15.2. The zero-order valence-corrected chi connectivity index (χ0v) is 15.2. The van der Waals surface area contributed by atoms with Gasteiger partial charge >= 0.3 is 6.16 Å². The summed E-state index contributed by atoms with van der Waals surface area (Å²) < 4.78 is 11.4. The highest BCUT2D eigenvalue weighted by Gasteiger charge is 2.37. The van der Waals surface area contributed by atoms with Crippen molar-refractivity contribution in [2.24, 2.45) is 5.92 Å². The number of hydrogen-bond acceptors (Lipinski definition) is 4. The first kappa shape index (κ1) is 18.2. The van der Waals surface area contributed by atoms with Gasteiger partial charge in [-0.3, -0.25) is 4.90 Å². The lowest BCUT2D eigenvalue weighted by atomic mass is 9.86. The van der Waals surface area contributed by atoms with E-state index in [9.17, 15) is 4.79 Å². The summed E-state index contributed by atoms with van der Waals surface area (Å²) in [6.45, 7) is 2.99. The van der Waals surface area contributed by atoms with Gasteiger partial charge < -0.3 is 9.47 Å². The molecule has 4 radical (unpaired) electrons.